The second-order valence-corrected chi connectivity index (χ2v) is 9.58. The maximum absolute atomic E-state index is 14.9. The molecule has 0 radical (unpaired) electrons. The van der Waals surface area contributed by atoms with Gasteiger partial charge >= 0.3 is 6.18 Å². The zero-order valence-corrected chi connectivity index (χ0v) is 21.7. The molecule has 3 rings (SSSR count). The molecule has 0 bridgehead atoms. The number of hydrogen-bond donors (Lipinski definition) is 3. The Kier molecular flexibility index (Phi) is 9.11. The van der Waals surface area contributed by atoms with E-state index in [1.54, 1.807) is 6.20 Å². The summed E-state index contributed by atoms with van der Waals surface area (Å²) in [6.45, 7) is 0.665. The average molecular weight is 617 g/mol. The van der Waals surface area contributed by atoms with Crippen molar-refractivity contribution >= 4 is 62.5 Å². The minimum Gasteiger partial charge on any atom is -0.363 e. The molecule has 2 atom stereocenters. The van der Waals surface area contributed by atoms with Crippen LogP contribution >= 0.6 is 50.7 Å². The Balaban J connectivity index is 1.82. The lowest BCUT2D eigenvalue weighted by Gasteiger charge is -2.31. The Morgan fingerprint density at radius 2 is 1.89 bits per heavy atom. The van der Waals surface area contributed by atoms with Crippen molar-refractivity contribution < 1.29 is 22.4 Å². The van der Waals surface area contributed by atoms with Gasteiger partial charge in [-0.15, -0.1) is 0 Å². The molecule has 1 aliphatic heterocycles. The third-order valence-electron chi connectivity index (χ3n) is 5.05. The first-order valence-corrected chi connectivity index (χ1v) is 11.9. The molecule has 13 heteroatoms. The number of nitrogens with zero attached hydrogens (tertiary/aromatic N) is 1. The monoisotopic (exact) mass is 614 g/mol. The van der Waals surface area contributed by atoms with Crippen molar-refractivity contribution in [2.24, 2.45) is 0 Å². The largest absolute Gasteiger partial charge is 0.399 e. The minimum absolute atomic E-state index is 0.0999. The molecule has 0 spiro atoms. The summed E-state index contributed by atoms with van der Waals surface area (Å²) in [4.78, 5) is 14.4. The molecule has 5 nitrogen and oxygen atoms in total. The number of allylic oxidation sites excluding steroid dienone is 1. The second kappa shape index (κ2) is 11.5. The zero-order chi connectivity index (χ0) is 25.9. The van der Waals surface area contributed by atoms with E-state index in [-0.39, 0.29) is 42.5 Å². The van der Waals surface area contributed by atoms with Crippen LogP contribution in [0.5, 0.6) is 0 Å². The third-order valence-corrected chi connectivity index (χ3v) is 6.90. The van der Waals surface area contributed by atoms with Gasteiger partial charge in [0.05, 0.1) is 20.6 Å². The highest BCUT2D eigenvalue weighted by Crippen LogP contribution is 2.42. The summed E-state index contributed by atoms with van der Waals surface area (Å²) in [7, 11) is 1.83. The van der Waals surface area contributed by atoms with E-state index in [4.69, 9.17) is 34.8 Å². The van der Waals surface area contributed by atoms with Gasteiger partial charge in [0.2, 0.25) is 0 Å². The Morgan fingerprint density at radius 1 is 1.23 bits per heavy atom. The van der Waals surface area contributed by atoms with E-state index in [1.807, 2.05) is 18.0 Å². The highest BCUT2D eigenvalue weighted by molar-refractivity contribution is 9.10. The minimum atomic E-state index is -4.84. The van der Waals surface area contributed by atoms with E-state index in [0.29, 0.717) is 12.6 Å². The summed E-state index contributed by atoms with van der Waals surface area (Å²) in [5.74, 6) is -4.02. The van der Waals surface area contributed by atoms with E-state index in [1.165, 1.54) is 18.2 Å². The lowest BCUT2D eigenvalue weighted by Crippen LogP contribution is -2.59. The van der Waals surface area contributed by atoms with Gasteiger partial charge in [0, 0.05) is 16.6 Å². The first-order chi connectivity index (χ1) is 16.4. The van der Waals surface area contributed by atoms with Gasteiger partial charge < -0.3 is 5.32 Å². The number of carbonyl (C=O) groups excluding carboxylic acids is 1. The molecule has 0 saturated carbocycles. The molecule has 1 amide bonds. The average Bonchev–Trinajstić information content (AvgIpc) is 2.79. The van der Waals surface area contributed by atoms with Gasteiger partial charge in [0.25, 0.3) is 5.91 Å². The maximum atomic E-state index is 14.9. The summed E-state index contributed by atoms with van der Waals surface area (Å²) < 4.78 is 56.4. The summed E-state index contributed by atoms with van der Waals surface area (Å²) in [5, 5.41) is 2.53. The van der Waals surface area contributed by atoms with Crippen LogP contribution in [0, 0.1) is 0 Å². The van der Waals surface area contributed by atoms with Crippen molar-refractivity contribution in [3.05, 3.63) is 84.9 Å². The normalized spacial score (nSPS) is 17.7. The van der Waals surface area contributed by atoms with Gasteiger partial charge in [-0.05, 0) is 65.1 Å². The predicted octanol–water partition coefficient (Wildman–Crippen LogP) is 6.63. The van der Waals surface area contributed by atoms with Crippen LogP contribution in [0.15, 0.2) is 53.2 Å². The SMILES string of the molecule is CN1CC=CNC1NNC(=O)c1ccc(/C(F)=C/C(c2cc(Cl)c(Cl)c(Cl)c2)C(F)(F)F)cc1Br. The number of hydrogen-bond acceptors (Lipinski definition) is 4. The molecule has 1 heterocycles. The lowest BCUT2D eigenvalue weighted by atomic mass is 9.96. The van der Waals surface area contributed by atoms with Crippen LogP contribution in [0.25, 0.3) is 5.83 Å². The standard InChI is InChI=1S/C22H18BrCl3F4N4O/c1-34-6-2-5-31-21(34)33-32-20(35)13-4-3-11(7-15(13)23)18(27)10-14(22(28,29)30)12-8-16(24)19(26)17(25)9-12/h2-5,7-10,14,21,31,33H,6H2,1H3,(H,32,35)/b18-10-. The Morgan fingerprint density at radius 3 is 2.46 bits per heavy atom. The summed E-state index contributed by atoms with van der Waals surface area (Å²) in [6, 6.07) is 5.68. The molecular formula is C22H18BrCl3F4N4O. The Labute approximate surface area is 222 Å². The fraction of sp³-hybridized carbons (Fsp3) is 0.227. The molecule has 2 aromatic carbocycles. The van der Waals surface area contributed by atoms with Gasteiger partial charge in [0.1, 0.15) is 11.7 Å². The van der Waals surface area contributed by atoms with E-state index < -0.39 is 23.8 Å². The molecular weight excluding hydrogens is 599 g/mol. The van der Waals surface area contributed by atoms with Crippen LogP contribution in [-0.4, -0.2) is 36.9 Å². The van der Waals surface area contributed by atoms with Crippen molar-refractivity contribution in [1.29, 1.82) is 0 Å². The number of benzene rings is 2. The molecule has 0 fully saturated rings. The van der Waals surface area contributed by atoms with Crippen molar-refractivity contribution in [2.75, 3.05) is 13.6 Å². The van der Waals surface area contributed by atoms with Gasteiger partial charge in [0.15, 0.2) is 6.29 Å². The predicted molar refractivity (Wildman–Crippen MR) is 133 cm³/mol. The number of alkyl halides is 3. The van der Waals surface area contributed by atoms with E-state index in [0.717, 1.165) is 12.1 Å². The fourth-order valence-electron chi connectivity index (χ4n) is 3.19. The van der Waals surface area contributed by atoms with Crippen LogP contribution in [0.2, 0.25) is 15.1 Å². The van der Waals surface area contributed by atoms with E-state index in [9.17, 15) is 22.4 Å². The molecule has 2 unspecified atom stereocenters. The van der Waals surface area contributed by atoms with Crippen molar-refractivity contribution in [1.82, 2.24) is 21.1 Å². The lowest BCUT2D eigenvalue weighted by molar-refractivity contribution is -0.139. The van der Waals surface area contributed by atoms with Gasteiger partial charge in [-0.1, -0.05) is 46.9 Å². The molecule has 3 N–H and O–H groups in total. The molecule has 0 aliphatic carbocycles. The van der Waals surface area contributed by atoms with Gasteiger partial charge in [-0.25, -0.2) is 4.39 Å². The van der Waals surface area contributed by atoms with Crippen molar-refractivity contribution in [3.8, 4) is 0 Å². The van der Waals surface area contributed by atoms with Gasteiger partial charge in [-0.3, -0.25) is 15.1 Å². The quantitative estimate of drug-likeness (QED) is 0.194. The number of nitrogens with one attached hydrogen (secondary N) is 3. The number of rotatable bonds is 6. The molecule has 35 heavy (non-hydrogen) atoms. The first-order valence-electron chi connectivity index (χ1n) is 9.94. The number of likely N-dealkylation sites (N-methyl/N-ethyl adjacent to an activating group) is 1. The fourth-order valence-corrected chi connectivity index (χ4v) is 4.36. The number of amides is 1. The number of halogens is 8. The smallest absolute Gasteiger partial charge is 0.363 e. The van der Waals surface area contributed by atoms with Crippen LogP contribution < -0.4 is 16.2 Å². The van der Waals surface area contributed by atoms with Crippen molar-refractivity contribution in [2.45, 2.75) is 18.4 Å². The van der Waals surface area contributed by atoms with Crippen LogP contribution in [0.1, 0.15) is 27.4 Å². The highest BCUT2D eigenvalue weighted by Gasteiger charge is 2.40. The molecule has 188 valence electrons. The zero-order valence-electron chi connectivity index (χ0n) is 17.9. The van der Waals surface area contributed by atoms with E-state index >= 15 is 0 Å². The summed E-state index contributed by atoms with van der Waals surface area (Å²) in [6.07, 6.45) is -1.13. The van der Waals surface area contributed by atoms with Gasteiger partial charge in [-0.2, -0.15) is 18.6 Å². The Bertz CT molecular complexity index is 1150. The molecule has 0 saturated heterocycles. The molecule has 1 aliphatic rings. The topological polar surface area (TPSA) is 56.4 Å². The highest BCUT2D eigenvalue weighted by atomic mass is 79.9. The number of hydrazine groups is 1. The van der Waals surface area contributed by atoms with E-state index in [2.05, 4.69) is 32.1 Å². The number of carbonyl (C=O) groups is 1. The van der Waals surface area contributed by atoms with Crippen molar-refractivity contribution in [3.63, 3.8) is 0 Å². The summed E-state index contributed by atoms with van der Waals surface area (Å²) in [5.41, 5.74) is 4.95. The van der Waals surface area contributed by atoms with Crippen LogP contribution in [0.3, 0.4) is 0 Å². The third kappa shape index (κ3) is 6.90. The second-order valence-electron chi connectivity index (χ2n) is 7.54. The maximum Gasteiger partial charge on any atom is 0.399 e. The van der Waals surface area contributed by atoms with Crippen LogP contribution in [-0.2, 0) is 0 Å². The molecule has 2 aromatic rings. The molecule has 0 aromatic heterocycles. The van der Waals surface area contributed by atoms with Crippen LogP contribution in [0.4, 0.5) is 17.6 Å². The first kappa shape index (κ1) is 27.8. The Hall–Kier alpha value is -1.82. The summed E-state index contributed by atoms with van der Waals surface area (Å²) >= 11 is 20.7.